The van der Waals surface area contributed by atoms with Gasteiger partial charge in [-0.1, -0.05) is 0 Å². The van der Waals surface area contributed by atoms with E-state index in [1.54, 1.807) is 22.9 Å². The van der Waals surface area contributed by atoms with E-state index in [0.717, 1.165) is 0 Å². The maximum absolute atomic E-state index is 10.2. The van der Waals surface area contributed by atoms with Gasteiger partial charge < -0.3 is 9.84 Å². The molecule has 0 unspecified atom stereocenters. The summed E-state index contributed by atoms with van der Waals surface area (Å²) < 4.78 is 6.66. The van der Waals surface area contributed by atoms with Crippen LogP contribution in [0.1, 0.15) is 5.69 Å². The molecule has 0 fully saturated rings. The number of nitrogens with zero attached hydrogens (tertiary/aromatic N) is 3. The average Bonchev–Trinajstić information content (AvgIpc) is 2.59. The van der Waals surface area contributed by atoms with Gasteiger partial charge in [-0.15, -0.1) is 0 Å². The molecule has 2 heterocycles. The molecule has 0 saturated heterocycles. The fourth-order valence-electron chi connectivity index (χ4n) is 1.19. The molecule has 0 radical (unpaired) electrons. The van der Waals surface area contributed by atoms with Crippen LogP contribution in [0.5, 0.6) is 0 Å². The van der Waals surface area contributed by atoms with Crippen LogP contribution in [0.3, 0.4) is 0 Å². The highest BCUT2D eigenvalue weighted by molar-refractivity contribution is 5.67. The topological polar surface area (TPSA) is 76.7 Å². The lowest BCUT2D eigenvalue weighted by atomic mass is 10.5. The van der Waals surface area contributed by atoms with Gasteiger partial charge in [-0.25, -0.2) is 14.8 Å². The van der Waals surface area contributed by atoms with Gasteiger partial charge in [0.15, 0.2) is 0 Å². The lowest BCUT2D eigenvalue weighted by molar-refractivity contribution is -0.142. The number of fused-ring (bicyclic) bond motifs is 1. The summed E-state index contributed by atoms with van der Waals surface area (Å²) >= 11 is 0. The van der Waals surface area contributed by atoms with Crippen LogP contribution in [0.25, 0.3) is 5.78 Å². The molecule has 0 aliphatic rings. The van der Waals surface area contributed by atoms with Gasteiger partial charge in [0.05, 0.1) is 12.3 Å². The van der Waals surface area contributed by atoms with E-state index in [0.29, 0.717) is 11.5 Å². The molecule has 2 aromatic rings. The van der Waals surface area contributed by atoms with Crippen LogP contribution >= 0.6 is 0 Å². The van der Waals surface area contributed by atoms with Crippen molar-refractivity contribution in [1.29, 1.82) is 0 Å². The second-order valence-corrected chi connectivity index (χ2v) is 2.95. The third-order valence-corrected chi connectivity index (χ3v) is 1.76. The number of aromatic nitrogens is 3. The fourth-order valence-corrected chi connectivity index (χ4v) is 1.19. The van der Waals surface area contributed by atoms with Crippen molar-refractivity contribution in [3.8, 4) is 0 Å². The smallest absolute Gasteiger partial charge is 0.329 e. The molecule has 78 valence electrons. The highest BCUT2D eigenvalue weighted by Crippen LogP contribution is 2.02. The standard InChI is InChI=1S/C9H9N3O3/c13-8(14)6-15-5-7-4-12-3-1-2-10-9(12)11-7/h1-4H,5-6H2,(H,13,14). The number of carboxylic acids is 1. The number of carbonyl (C=O) groups is 1. The van der Waals surface area contributed by atoms with E-state index in [1.165, 1.54) is 0 Å². The van der Waals surface area contributed by atoms with E-state index in [1.807, 2.05) is 6.20 Å². The van der Waals surface area contributed by atoms with Crippen LogP contribution in [0, 0.1) is 0 Å². The molecule has 2 rings (SSSR count). The normalized spacial score (nSPS) is 10.7. The van der Waals surface area contributed by atoms with Crippen LogP contribution < -0.4 is 0 Å². The molecule has 0 atom stereocenters. The molecule has 0 aromatic carbocycles. The van der Waals surface area contributed by atoms with E-state index >= 15 is 0 Å². The number of hydrogen-bond donors (Lipinski definition) is 1. The van der Waals surface area contributed by atoms with Gasteiger partial charge in [0.2, 0.25) is 5.78 Å². The molecular weight excluding hydrogens is 198 g/mol. The fraction of sp³-hybridized carbons (Fsp3) is 0.222. The number of aliphatic carboxylic acids is 1. The predicted molar refractivity (Wildman–Crippen MR) is 50.3 cm³/mol. The lowest BCUT2D eigenvalue weighted by Crippen LogP contribution is -2.06. The molecule has 0 spiro atoms. The van der Waals surface area contributed by atoms with Gasteiger partial charge in [-0.3, -0.25) is 4.40 Å². The van der Waals surface area contributed by atoms with Gasteiger partial charge in [-0.05, 0) is 6.07 Å². The molecule has 0 amide bonds. The second kappa shape index (κ2) is 4.05. The summed E-state index contributed by atoms with van der Waals surface area (Å²) in [6, 6.07) is 1.79. The summed E-state index contributed by atoms with van der Waals surface area (Å²) in [5.74, 6) is -0.414. The van der Waals surface area contributed by atoms with Crippen LogP contribution in [0.15, 0.2) is 24.7 Å². The van der Waals surface area contributed by atoms with Crippen LogP contribution in [-0.2, 0) is 16.1 Å². The highest BCUT2D eigenvalue weighted by Gasteiger charge is 2.03. The van der Waals surface area contributed by atoms with Crippen molar-refractivity contribution in [2.75, 3.05) is 6.61 Å². The van der Waals surface area contributed by atoms with E-state index in [9.17, 15) is 4.79 Å². The van der Waals surface area contributed by atoms with Gasteiger partial charge in [0.25, 0.3) is 0 Å². The first-order valence-electron chi connectivity index (χ1n) is 4.34. The Morgan fingerprint density at radius 2 is 2.47 bits per heavy atom. The lowest BCUT2D eigenvalue weighted by Gasteiger charge is -1.95. The number of rotatable bonds is 4. The summed E-state index contributed by atoms with van der Waals surface area (Å²) in [7, 11) is 0. The maximum atomic E-state index is 10.2. The van der Waals surface area contributed by atoms with Crippen molar-refractivity contribution in [1.82, 2.24) is 14.4 Å². The Kier molecular flexibility index (Phi) is 2.59. The van der Waals surface area contributed by atoms with Gasteiger partial charge in [0.1, 0.15) is 6.61 Å². The Morgan fingerprint density at radius 1 is 1.60 bits per heavy atom. The first-order chi connectivity index (χ1) is 7.25. The minimum Gasteiger partial charge on any atom is -0.480 e. The Balaban J connectivity index is 2.05. The molecule has 6 heteroatoms. The first kappa shape index (κ1) is 9.60. The Labute approximate surface area is 85.2 Å². The SMILES string of the molecule is O=C(O)COCc1cn2cccnc2n1. The third kappa shape index (κ3) is 2.29. The van der Waals surface area contributed by atoms with Crippen molar-refractivity contribution in [3.05, 3.63) is 30.4 Å². The minimum atomic E-state index is -0.989. The zero-order valence-corrected chi connectivity index (χ0v) is 7.83. The molecule has 15 heavy (non-hydrogen) atoms. The largest absolute Gasteiger partial charge is 0.480 e. The first-order valence-corrected chi connectivity index (χ1v) is 4.34. The summed E-state index contributed by atoms with van der Waals surface area (Å²) in [6.07, 6.45) is 5.21. The van der Waals surface area contributed by atoms with Crippen molar-refractivity contribution in [3.63, 3.8) is 0 Å². The summed E-state index contributed by atoms with van der Waals surface area (Å²) in [4.78, 5) is 18.4. The summed E-state index contributed by atoms with van der Waals surface area (Å²) in [6.45, 7) is -0.142. The molecule has 6 nitrogen and oxygen atoms in total. The van der Waals surface area contributed by atoms with Gasteiger partial charge in [0, 0.05) is 18.6 Å². The summed E-state index contributed by atoms with van der Waals surface area (Å²) in [5, 5.41) is 8.37. The summed E-state index contributed by atoms with van der Waals surface area (Å²) in [5.41, 5.74) is 0.662. The minimum absolute atomic E-state index is 0.176. The predicted octanol–water partition coefficient (Wildman–Crippen LogP) is 0.331. The van der Waals surface area contributed by atoms with Crippen molar-refractivity contribution >= 4 is 11.7 Å². The number of carboxylic acid groups (broad SMARTS) is 1. The van der Waals surface area contributed by atoms with E-state index < -0.39 is 5.97 Å². The van der Waals surface area contributed by atoms with E-state index in [-0.39, 0.29) is 13.2 Å². The van der Waals surface area contributed by atoms with Crippen LogP contribution in [-0.4, -0.2) is 32.1 Å². The van der Waals surface area contributed by atoms with Gasteiger partial charge >= 0.3 is 5.97 Å². The molecule has 0 aliphatic heterocycles. The quantitative estimate of drug-likeness (QED) is 0.781. The van der Waals surface area contributed by atoms with Crippen molar-refractivity contribution < 1.29 is 14.6 Å². The Hall–Kier alpha value is -1.95. The monoisotopic (exact) mass is 207 g/mol. The van der Waals surface area contributed by atoms with Crippen LogP contribution in [0.2, 0.25) is 0 Å². The Morgan fingerprint density at radius 3 is 3.20 bits per heavy atom. The number of ether oxygens (including phenoxy) is 1. The number of hydrogen-bond acceptors (Lipinski definition) is 4. The third-order valence-electron chi connectivity index (χ3n) is 1.76. The molecule has 0 aliphatic carbocycles. The molecule has 0 saturated carbocycles. The highest BCUT2D eigenvalue weighted by atomic mass is 16.5. The Bertz CT molecular complexity index is 447. The van der Waals surface area contributed by atoms with E-state index in [4.69, 9.17) is 9.84 Å². The van der Waals surface area contributed by atoms with Gasteiger partial charge in [-0.2, -0.15) is 0 Å². The van der Waals surface area contributed by atoms with Crippen molar-refractivity contribution in [2.45, 2.75) is 6.61 Å². The maximum Gasteiger partial charge on any atom is 0.329 e. The zero-order valence-electron chi connectivity index (χ0n) is 7.83. The zero-order chi connectivity index (χ0) is 10.7. The second-order valence-electron chi connectivity index (χ2n) is 2.95. The molecule has 1 N–H and O–H groups in total. The molecule has 2 aromatic heterocycles. The van der Waals surface area contributed by atoms with Crippen LogP contribution in [0.4, 0.5) is 0 Å². The number of imidazole rings is 1. The molecule has 0 bridgehead atoms. The van der Waals surface area contributed by atoms with Crippen molar-refractivity contribution in [2.24, 2.45) is 0 Å². The van der Waals surface area contributed by atoms with E-state index in [2.05, 4.69) is 9.97 Å². The molecular formula is C9H9N3O3. The average molecular weight is 207 g/mol.